The molecule has 0 saturated carbocycles. The number of benzene rings is 1. The van der Waals surface area contributed by atoms with Crippen molar-refractivity contribution in [3.8, 4) is 0 Å². The molecule has 20 heavy (non-hydrogen) atoms. The molecule has 0 atom stereocenters. The molecule has 0 spiro atoms. The number of halogens is 1. The van der Waals surface area contributed by atoms with Crippen LogP contribution in [0.25, 0.3) is 0 Å². The van der Waals surface area contributed by atoms with E-state index in [1.165, 1.54) is 6.07 Å². The predicted octanol–water partition coefficient (Wildman–Crippen LogP) is 1.84. The van der Waals surface area contributed by atoms with Crippen molar-refractivity contribution < 1.29 is 16.8 Å². The average molecular weight is 341 g/mol. The molecule has 0 heterocycles. The van der Waals surface area contributed by atoms with Crippen molar-refractivity contribution in [2.24, 2.45) is 5.14 Å². The first-order valence-corrected chi connectivity index (χ1v) is 9.48. The summed E-state index contributed by atoms with van der Waals surface area (Å²) in [5.74, 6) is -0.0177. The van der Waals surface area contributed by atoms with Gasteiger partial charge in [-0.15, -0.1) is 0 Å². The van der Waals surface area contributed by atoms with Crippen LogP contribution in [-0.2, 0) is 20.0 Å². The van der Waals surface area contributed by atoms with Gasteiger partial charge in [-0.05, 0) is 31.0 Å². The summed E-state index contributed by atoms with van der Waals surface area (Å²) in [4.78, 5) is -0.156. The van der Waals surface area contributed by atoms with Gasteiger partial charge < -0.3 is 0 Å². The van der Waals surface area contributed by atoms with Gasteiger partial charge >= 0.3 is 0 Å². The molecule has 1 aromatic carbocycles. The van der Waals surface area contributed by atoms with Crippen molar-refractivity contribution in [3.63, 3.8) is 0 Å². The van der Waals surface area contributed by atoms with Crippen LogP contribution in [-0.4, -0.2) is 22.6 Å². The lowest BCUT2D eigenvalue weighted by Gasteiger charge is -2.13. The Morgan fingerprint density at radius 3 is 2.30 bits per heavy atom. The van der Waals surface area contributed by atoms with E-state index >= 15 is 0 Å². The van der Waals surface area contributed by atoms with Gasteiger partial charge in [-0.3, -0.25) is 4.72 Å². The van der Waals surface area contributed by atoms with Crippen molar-refractivity contribution >= 4 is 37.3 Å². The Morgan fingerprint density at radius 2 is 1.85 bits per heavy atom. The highest BCUT2D eigenvalue weighted by molar-refractivity contribution is 7.92. The molecule has 114 valence electrons. The second-order valence-electron chi connectivity index (χ2n) is 4.42. The van der Waals surface area contributed by atoms with Crippen molar-refractivity contribution in [3.05, 3.63) is 22.7 Å². The van der Waals surface area contributed by atoms with Crippen LogP contribution in [0.15, 0.2) is 17.0 Å². The molecule has 0 aromatic heterocycles. The van der Waals surface area contributed by atoms with Gasteiger partial charge in [0.1, 0.15) is 0 Å². The van der Waals surface area contributed by atoms with Crippen molar-refractivity contribution in [2.45, 2.75) is 31.6 Å². The highest BCUT2D eigenvalue weighted by Gasteiger charge is 2.17. The third-order valence-corrected chi connectivity index (χ3v) is 5.15. The molecule has 0 aliphatic carbocycles. The van der Waals surface area contributed by atoms with E-state index in [4.69, 9.17) is 16.7 Å². The molecule has 1 aromatic rings. The van der Waals surface area contributed by atoms with Gasteiger partial charge in [0, 0.05) is 0 Å². The predicted molar refractivity (Wildman–Crippen MR) is 79.9 cm³/mol. The van der Waals surface area contributed by atoms with E-state index in [2.05, 4.69) is 4.72 Å². The monoisotopic (exact) mass is 340 g/mol. The number of hydrogen-bond donors (Lipinski definition) is 2. The minimum absolute atomic E-state index is 0.00546. The quantitative estimate of drug-likeness (QED) is 0.823. The summed E-state index contributed by atoms with van der Waals surface area (Å²) in [7, 11) is -7.39. The topological polar surface area (TPSA) is 106 Å². The van der Waals surface area contributed by atoms with Gasteiger partial charge in [0.05, 0.1) is 21.4 Å². The Hall–Kier alpha value is -0.830. The number of rotatable bonds is 6. The highest BCUT2D eigenvalue weighted by atomic mass is 35.5. The second kappa shape index (κ2) is 6.30. The largest absolute Gasteiger partial charge is 0.282 e. The Labute approximate surface area is 124 Å². The van der Waals surface area contributed by atoms with Crippen LogP contribution in [0.3, 0.4) is 0 Å². The smallest absolute Gasteiger partial charge is 0.238 e. The first-order valence-electron chi connectivity index (χ1n) is 5.90. The lowest BCUT2D eigenvalue weighted by atomic mass is 10.2. The number of sulfonamides is 2. The molecule has 0 aliphatic rings. The maximum Gasteiger partial charge on any atom is 0.238 e. The highest BCUT2D eigenvalue weighted by Crippen LogP contribution is 2.30. The minimum Gasteiger partial charge on any atom is -0.282 e. The third-order valence-electron chi connectivity index (χ3n) is 2.61. The van der Waals surface area contributed by atoms with E-state index in [0.29, 0.717) is 12.0 Å². The minimum atomic E-state index is -3.88. The van der Waals surface area contributed by atoms with Gasteiger partial charge in [-0.2, -0.15) is 0 Å². The molecule has 9 heteroatoms. The fourth-order valence-electron chi connectivity index (χ4n) is 1.55. The van der Waals surface area contributed by atoms with Gasteiger partial charge in [0.2, 0.25) is 20.0 Å². The van der Waals surface area contributed by atoms with E-state index in [-0.39, 0.29) is 21.4 Å². The SMILES string of the molecule is CCCCS(=O)(=O)Nc1c(C)cc(S(N)(=O)=O)cc1Cl. The lowest BCUT2D eigenvalue weighted by molar-refractivity contribution is 0.596. The average Bonchev–Trinajstić information content (AvgIpc) is 2.30. The van der Waals surface area contributed by atoms with Gasteiger partial charge in [-0.1, -0.05) is 24.9 Å². The van der Waals surface area contributed by atoms with Crippen molar-refractivity contribution in [1.82, 2.24) is 0 Å². The molecule has 1 rings (SSSR count). The standard InChI is InChI=1S/C11H17ClN2O4S2/c1-3-4-5-19(15,16)14-11-8(2)6-9(7-10(11)12)20(13,17)18/h6-7,14H,3-5H2,1-2H3,(H2,13,17,18). The Morgan fingerprint density at radius 1 is 1.25 bits per heavy atom. The summed E-state index contributed by atoms with van der Waals surface area (Å²) in [6, 6.07) is 2.40. The summed E-state index contributed by atoms with van der Waals surface area (Å²) >= 11 is 5.93. The van der Waals surface area contributed by atoms with Crippen LogP contribution in [0.1, 0.15) is 25.3 Å². The molecule has 0 unspecified atom stereocenters. The Balaban J connectivity index is 3.16. The molecule has 0 bridgehead atoms. The fraction of sp³-hybridized carbons (Fsp3) is 0.455. The second-order valence-corrected chi connectivity index (χ2v) is 8.23. The van der Waals surface area contributed by atoms with E-state index < -0.39 is 20.0 Å². The van der Waals surface area contributed by atoms with E-state index in [1.54, 1.807) is 6.92 Å². The third kappa shape index (κ3) is 4.62. The zero-order chi connectivity index (χ0) is 15.6. The van der Waals surface area contributed by atoms with Crippen molar-refractivity contribution in [1.29, 1.82) is 0 Å². The summed E-state index contributed by atoms with van der Waals surface area (Å²) in [5.41, 5.74) is 0.566. The normalized spacial score (nSPS) is 12.4. The van der Waals surface area contributed by atoms with Crippen LogP contribution >= 0.6 is 11.6 Å². The molecular formula is C11H17ClN2O4S2. The lowest BCUT2D eigenvalue weighted by Crippen LogP contribution is -2.18. The summed E-state index contributed by atoms with van der Waals surface area (Å²) in [6.45, 7) is 3.44. The zero-order valence-corrected chi connectivity index (χ0v) is 13.6. The molecule has 3 N–H and O–H groups in total. The van der Waals surface area contributed by atoms with Crippen LogP contribution < -0.4 is 9.86 Å². The summed E-state index contributed by atoms with van der Waals surface area (Å²) < 4.78 is 48.5. The molecule has 0 aliphatic heterocycles. The number of primary sulfonamides is 1. The summed E-state index contributed by atoms with van der Waals surface area (Å²) in [6.07, 6.45) is 1.28. The maximum absolute atomic E-state index is 11.8. The fourth-order valence-corrected chi connectivity index (χ4v) is 3.96. The van der Waals surface area contributed by atoms with Crippen LogP contribution in [0, 0.1) is 6.92 Å². The number of nitrogens with one attached hydrogen (secondary N) is 1. The number of nitrogens with two attached hydrogens (primary N) is 1. The van der Waals surface area contributed by atoms with Gasteiger partial charge in [-0.25, -0.2) is 22.0 Å². The molecule has 6 nitrogen and oxygen atoms in total. The maximum atomic E-state index is 11.8. The van der Waals surface area contributed by atoms with Crippen LogP contribution in [0.4, 0.5) is 5.69 Å². The van der Waals surface area contributed by atoms with E-state index in [0.717, 1.165) is 12.5 Å². The molecule has 0 fully saturated rings. The molecule has 0 amide bonds. The first kappa shape index (κ1) is 17.2. The Bertz CT molecular complexity index is 676. The molecular weight excluding hydrogens is 324 g/mol. The Kier molecular flexibility index (Phi) is 5.42. The first-order chi connectivity index (χ1) is 9.07. The van der Waals surface area contributed by atoms with Crippen LogP contribution in [0.2, 0.25) is 5.02 Å². The summed E-state index contributed by atoms with van der Waals surface area (Å²) in [5, 5.41) is 5.01. The number of hydrogen-bond acceptors (Lipinski definition) is 4. The number of unbranched alkanes of at least 4 members (excludes halogenated alkanes) is 1. The molecule has 0 radical (unpaired) electrons. The van der Waals surface area contributed by atoms with Crippen LogP contribution in [0.5, 0.6) is 0 Å². The van der Waals surface area contributed by atoms with E-state index in [1.807, 2.05) is 6.92 Å². The van der Waals surface area contributed by atoms with Crippen molar-refractivity contribution in [2.75, 3.05) is 10.5 Å². The van der Waals surface area contributed by atoms with Gasteiger partial charge in [0.25, 0.3) is 0 Å². The van der Waals surface area contributed by atoms with E-state index in [9.17, 15) is 16.8 Å². The van der Waals surface area contributed by atoms with Gasteiger partial charge in [0.15, 0.2) is 0 Å². The zero-order valence-electron chi connectivity index (χ0n) is 11.2. The number of anilines is 1. The number of aryl methyl sites for hydroxylation is 1. The molecule has 0 saturated heterocycles.